The minimum Gasteiger partial charge on any atom is -0.489 e. The van der Waals surface area contributed by atoms with E-state index in [1.165, 1.54) is 0 Å². The predicted molar refractivity (Wildman–Crippen MR) is 106 cm³/mol. The third kappa shape index (κ3) is 4.39. The van der Waals surface area contributed by atoms with Crippen LogP contribution >= 0.6 is 0 Å². The highest BCUT2D eigenvalue weighted by atomic mass is 16.5. The number of ether oxygens (including phenoxy) is 1. The van der Waals surface area contributed by atoms with Crippen LogP contribution in [0.4, 0.5) is 0 Å². The lowest BCUT2D eigenvalue weighted by atomic mass is 10.1. The van der Waals surface area contributed by atoms with Gasteiger partial charge in [0.1, 0.15) is 11.9 Å². The summed E-state index contributed by atoms with van der Waals surface area (Å²) in [7, 11) is 0. The van der Waals surface area contributed by atoms with E-state index in [-0.39, 0.29) is 12.0 Å². The van der Waals surface area contributed by atoms with Crippen LogP contribution in [0.15, 0.2) is 61.3 Å². The third-order valence-electron chi connectivity index (χ3n) is 5.04. The molecular formula is C22H24N4O2. The summed E-state index contributed by atoms with van der Waals surface area (Å²) in [5.74, 6) is 0.883. The molecule has 0 atom stereocenters. The normalized spacial score (nSPS) is 14.8. The van der Waals surface area contributed by atoms with Crippen molar-refractivity contribution in [3.63, 3.8) is 0 Å². The molecule has 1 aliphatic rings. The van der Waals surface area contributed by atoms with Crippen molar-refractivity contribution in [1.82, 2.24) is 19.4 Å². The molecule has 0 spiro atoms. The zero-order valence-corrected chi connectivity index (χ0v) is 16.0. The molecule has 0 radical (unpaired) electrons. The summed E-state index contributed by atoms with van der Waals surface area (Å²) in [6.45, 7) is 4.13. The van der Waals surface area contributed by atoms with Crippen LogP contribution in [-0.2, 0) is 6.54 Å². The van der Waals surface area contributed by atoms with Crippen LogP contribution in [0.3, 0.4) is 0 Å². The van der Waals surface area contributed by atoms with Gasteiger partial charge in [-0.05, 0) is 36.8 Å². The van der Waals surface area contributed by atoms with Crippen molar-refractivity contribution in [1.29, 1.82) is 0 Å². The first-order chi connectivity index (χ1) is 13.7. The Hall–Kier alpha value is -3.15. The molecule has 4 rings (SSSR count). The number of pyridine rings is 1. The van der Waals surface area contributed by atoms with Gasteiger partial charge in [-0.2, -0.15) is 0 Å². The Morgan fingerprint density at radius 1 is 1.14 bits per heavy atom. The standard InChI is InChI=1S/C22H24N4O2/c1-17-2-7-21(14-24-17)28-20-8-11-26(12-9-20)22(27)19-5-3-18(4-6-19)15-25-13-10-23-16-25/h2-7,10,13-14,16,20H,8-9,11-12,15H2,1H3. The Bertz CT molecular complexity index is 897. The van der Waals surface area contributed by atoms with Crippen LogP contribution in [0.2, 0.25) is 0 Å². The van der Waals surface area contributed by atoms with Crippen LogP contribution in [0.25, 0.3) is 0 Å². The van der Waals surface area contributed by atoms with Crippen LogP contribution in [-0.4, -0.2) is 44.5 Å². The first-order valence-electron chi connectivity index (χ1n) is 9.60. The minimum atomic E-state index is 0.0876. The third-order valence-corrected chi connectivity index (χ3v) is 5.04. The van der Waals surface area contributed by atoms with Crippen molar-refractivity contribution in [2.24, 2.45) is 0 Å². The van der Waals surface area contributed by atoms with Crippen molar-refractivity contribution >= 4 is 5.91 Å². The van der Waals surface area contributed by atoms with Crippen molar-refractivity contribution in [3.8, 4) is 5.75 Å². The minimum absolute atomic E-state index is 0.0876. The van der Waals surface area contributed by atoms with Crippen LogP contribution < -0.4 is 4.74 Å². The van der Waals surface area contributed by atoms with Crippen LogP contribution in [0.5, 0.6) is 5.75 Å². The number of carbonyl (C=O) groups excluding carboxylic acids is 1. The van der Waals surface area contributed by atoms with E-state index in [2.05, 4.69) is 9.97 Å². The van der Waals surface area contributed by atoms with Crippen LogP contribution in [0, 0.1) is 6.92 Å². The Morgan fingerprint density at radius 2 is 1.93 bits per heavy atom. The topological polar surface area (TPSA) is 60.2 Å². The fraction of sp³-hybridized carbons (Fsp3) is 0.318. The van der Waals surface area contributed by atoms with Gasteiger partial charge in [0.15, 0.2) is 0 Å². The van der Waals surface area contributed by atoms with Gasteiger partial charge in [0.25, 0.3) is 5.91 Å². The summed E-state index contributed by atoms with van der Waals surface area (Å²) in [6, 6.07) is 11.7. The van der Waals surface area contributed by atoms with E-state index in [9.17, 15) is 4.79 Å². The highest BCUT2D eigenvalue weighted by Gasteiger charge is 2.24. The number of amides is 1. The summed E-state index contributed by atoms with van der Waals surface area (Å²) in [4.78, 5) is 23.0. The van der Waals surface area contributed by atoms with E-state index < -0.39 is 0 Å². The second-order valence-electron chi connectivity index (χ2n) is 7.18. The molecule has 3 aromatic rings. The highest BCUT2D eigenvalue weighted by Crippen LogP contribution is 2.20. The predicted octanol–water partition coefficient (Wildman–Crippen LogP) is 3.32. The number of piperidine rings is 1. The molecule has 6 nitrogen and oxygen atoms in total. The fourth-order valence-corrected chi connectivity index (χ4v) is 3.42. The van der Waals surface area contributed by atoms with Gasteiger partial charge in [-0.3, -0.25) is 9.78 Å². The number of nitrogens with zero attached hydrogens (tertiary/aromatic N) is 4. The molecule has 0 saturated carbocycles. The molecular weight excluding hydrogens is 352 g/mol. The first-order valence-corrected chi connectivity index (χ1v) is 9.60. The van der Waals surface area contributed by atoms with E-state index in [0.717, 1.165) is 42.0 Å². The molecule has 0 bridgehead atoms. The number of imidazole rings is 1. The average Bonchev–Trinajstić information content (AvgIpc) is 3.23. The molecule has 0 N–H and O–H groups in total. The maximum absolute atomic E-state index is 12.8. The summed E-state index contributed by atoms with van der Waals surface area (Å²) in [5.41, 5.74) is 2.86. The summed E-state index contributed by atoms with van der Waals surface area (Å²) >= 11 is 0. The second kappa shape index (κ2) is 8.25. The molecule has 6 heteroatoms. The average molecular weight is 376 g/mol. The summed E-state index contributed by atoms with van der Waals surface area (Å²) in [6.07, 6.45) is 9.04. The lowest BCUT2D eigenvalue weighted by molar-refractivity contribution is 0.0595. The zero-order chi connectivity index (χ0) is 19.3. The van der Waals surface area contributed by atoms with E-state index in [4.69, 9.17) is 4.74 Å². The Labute approximate surface area is 164 Å². The number of hydrogen-bond donors (Lipinski definition) is 0. The van der Waals surface area contributed by atoms with E-state index in [1.807, 2.05) is 59.0 Å². The van der Waals surface area contributed by atoms with Gasteiger partial charge in [-0.25, -0.2) is 4.98 Å². The number of aromatic nitrogens is 3. The number of benzene rings is 1. The Kier molecular flexibility index (Phi) is 5.37. The van der Waals surface area contributed by atoms with Crippen molar-refractivity contribution in [3.05, 3.63) is 78.1 Å². The Morgan fingerprint density at radius 3 is 2.57 bits per heavy atom. The van der Waals surface area contributed by atoms with Gasteiger partial charge >= 0.3 is 0 Å². The van der Waals surface area contributed by atoms with Gasteiger partial charge in [-0.15, -0.1) is 0 Å². The number of aryl methyl sites for hydroxylation is 1. The lowest BCUT2D eigenvalue weighted by Gasteiger charge is -2.32. The molecule has 1 fully saturated rings. The molecule has 3 heterocycles. The van der Waals surface area contributed by atoms with E-state index in [0.29, 0.717) is 13.1 Å². The zero-order valence-electron chi connectivity index (χ0n) is 16.0. The largest absolute Gasteiger partial charge is 0.489 e. The van der Waals surface area contributed by atoms with Gasteiger partial charge in [0.2, 0.25) is 0 Å². The number of rotatable bonds is 5. The van der Waals surface area contributed by atoms with E-state index >= 15 is 0 Å². The molecule has 1 amide bonds. The van der Waals surface area contributed by atoms with E-state index in [1.54, 1.807) is 18.7 Å². The molecule has 1 aliphatic heterocycles. The highest BCUT2D eigenvalue weighted by molar-refractivity contribution is 5.94. The van der Waals surface area contributed by atoms with Gasteiger partial charge < -0.3 is 14.2 Å². The summed E-state index contributed by atoms with van der Waals surface area (Å²) in [5, 5.41) is 0. The van der Waals surface area contributed by atoms with Crippen molar-refractivity contribution in [2.75, 3.05) is 13.1 Å². The first kappa shape index (κ1) is 18.2. The second-order valence-corrected chi connectivity index (χ2v) is 7.18. The van der Waals surface area contributed by atoms with Crippen molar-refractivity contribution < 1.29 is 9.53 Å². The number of likely N-dealkylation sites (tertiary alicyclic amines) is 1. The number of carbonyl (C=O) groups is 1. The van der Waals surface area contributed by atoms with Crippen molar-refractivity contribution in [2.45, 2.75) is 32.4 Å². The van der Waals surface area contributed by atoms with Gasteiger partial charge in [-0.1, -0.05) is 12.1 Å². The molecule has 0 unspecified atom stereocenters. The molecule has 28 heavy (non-hydrogen) atoms. The molecule has 1 saturated heterocycles. The van der Waals surface area contributed by atoms with Gasteiger partial charge in [0, 0.05) is 56.1 Å². The molecule has 144 valence electrons. The Balaban J connectivity index is 1.30. The van der Waals surface area contributed by atoms with Crippen LogP contribution in [0.1, 0.15) is 34.5 Å². The summed E-state index contributed by atoms with van der Waals surface area (Å²) < 4.78 is 8.01. The molecule has 2 aromatic heterocycles. The van der Waals surface area contributed by atoms with Gasteiger partial charge in [0.05, 0.1) is 12.5 Å². The number of hydrogen-bond acceptors (Lipinski definition) is 4. The quantitative estimate of drug-likeness (QED) is 0.685. The molecule has 1 aromatic carbocycles. The maximum Gasteiger partial charge on any atom is 0.253 e. The smallest absolute Gasteiger partial charge is 0.253 e. The monoisotopic (exact) mass is 376 g/mol. The SMILES string of the molecule is Cc1ccc(OC2CCN(C(=O)c3ccc(Cn4ccnc4)cc3)CC2)cn1. The maximum atomic E-state index is 12.8. The lowest BCUT2D eigenvalue weighted by Crippen LogP contribution is -2.41. The fourth-order valence-electron chi connectivity index (χ4n) is 3.42. The molecule has 0 aliphatic carbocycles.